The zero-order valence-electron chi connectivity index (χ0n) is 18.4. The fourth-order valence-electron chi connectivity index (χ4n) is 5.56. The summed E-state index contributed by atoms with van der Waals surface area (Å²) in [5, 5.41) is 16.9. The molecule has 3 aliphatic carbocycles. The van der Waals surface area contributed by atoms with E-state index in [1.165, 1.54) is 45.5 Å². The molecule has 0 bridgehead atoms. The van der Waals surface area contributed by atoms with Gasteiger partial charge in [-0.05, 0) is 43.2 Å². The molecule has 0 aliphatic heterocycles. The van der Waals surface area contributed by atoms with Crippen molar-refractivity contribution in [3.05, 3.63) is 17.2 Å². The fraction of sp³-hybridized carbons (Fsp3) is 0.636. The van der Waals surface area contributed by atoms with Gasteiger partial charge in [0.1, 0.15) is 17.0 Å². The SMILES string of the molecule is CN(C)S(=O)(=O)c1c(Cl)ccc(NC2C(=O)C(=O)C2NC2CCCC23CCCCC3)c1O. The number of phenols is 1. The molecular formula is C22H30ClN3O5S. The van der Waals surface area contributed by atoms with Gasteiger partial charge < -0.3 is 15.7 Å². The van der Waals surface area contributed by atoms with E-state index in [2.05, 4.69) is 10.6 Å². The van der Waals surface area contributed by atoms with Gasteiger partial charge in [0.15, 0.2) is 5.75 Å². The van der Waals surface area contributed by atoms with Crippen molar-refractivity contribution in [1.29, 1.82) is 0 Å². The lowest BCUT2D eigenvalue weighted by atomic mass is 9.69. The Morgan fingerprint density at radius 1 is 1.03 bits per heavy atom. The van der Waals surface area contributed by atoms with Crippen LogP contribution in [0.2, 0.25) is 5.02 Å². The van der Waals surface area contributed by atoms with E-state index in [0.717, 1.165) is 36.4 Å². The Kier molecular flexibility index (Phi) is 6.30. The Morgan fingerprint density at radius 3 is 2.31 bits per heavy atom. The fourth-order valence-corrected chi connectivity index (χ4v) is 7.04. The van der Waals surface area contributed by atoms with Crippen molar-refractivity contribution in [2.45, 2.75) is 74.4 Å². The van der Waals surface area contributed by atoms with Gasteiger partial charge in [0.25, 0.3) is 0 Å². The van der Waals surface area contributed by atoms with Crippen LogP contribution in [-0.2, 0) is 19.6 Å². The van der Waals surface area contributed by atoms with Crippen molar-refractivity contribution in [3.8, 4) is 5.75 Å². The Hall–Kier alpha value is -1.68. The highest BCUT2D eigenvalue weighted by Crippen LogP contribution is 2.49. The van der Waals surface area contributed by atoms with E-state index in [1.807, 2.05) is 0 Å². The van der Waals surface area contributed by atoms with Gasteiger partial charge in [0, 0.05) is 20.1 Å². The van der Waals surface area contributed by atoms with Gasteiger partial charge in [-0.2, -0.15) is 0 Å². The molecule has 1 aromatic rings. The minimum absolute atomic E-state index is 0.0475. The molecule has 176 valence electrons. The molecule has 8 nitrogen and oxygen atoms in total. The number of ketones is 2. The summed E-state index contributed by atoms with van der Waals surface area (Å²) in [6.07, 6.45) is 9.13. The Morgan fingerprint density at radius 2 is 1.66 bits per heavy atom. The molecule has 0 heterocycles. The van der Waals surface area contributed by atoms with Crippen LogP contribution in [0.4, 0.5) is 5.69 Å². The summed E-state index contributed by atoms with van der Waals surface area (Å²) in [7, 11) is -1.35. The highest BCUT2D eigenvalue weighted by molar-refractivity contribution is 7.89. The molecular weight excluding hydrogens is 454 g/mol. The van der Waals surface area contributed by atoms with Gasteiger partial charge in [-0.15, -0.1) is 0 Å². The van der Waals surface area contributed by atoms with Crippen molar-refractivity contribution < 1.29 is 23.1 Å². The number of benzene rings is 1. The van der Waals surface area contributed by atoms with Crippen LogP contribution in [0.1, 0.15) is 51.4 Å². The molecule has 4 rings (SSSR count). The van der Waals surface area contributed by atoms with E-state index in [1.54, 1.807) is 0 Å². The quantitative estimate of drug-likeness (QED) is 0.420. The predicted octanol–water partition coefficient (Wildman–Crippen LogP) is 2.69. The highest BCUT2D eigenvalue weighted by atomic mass is 35.5. The van der Waals surface area contributed by atoms with Crippen LogP contribution < -0.4 is 10.6 Å². The third-order valence-electron chi connectivity index (χ3n) is 7.41. The molecule has 0 saturated heterocycles. The van der Waals surface area contributed by atoms with E-state index in [9.17, 15) is 23.1 Å². The predicted molar refractivity (Wildman–Crippen MR) is 121 cm³/mol. The topological polar surface area (TPSA) is 116 Å². The van der Waals surface area contributed by atoms with E-state index >= 15 is 0 Å². The van der Waals surface area contributed by atoms with Gasteiger partial charge in [-0.3, -0.25) is 9.59 Å². The molecule has 3 aliphatic rings. The van der Waals surface area contributed by atoms with Crippen LogP contribution in [0.5, 0.6) is 5.75 Å². The molecule has 3 fully saturated rings. The number of carbonyl (C=O) groups excluding carboxylic acids is 2. The summed E-state index contributed by atoms with van der Waals surface area (Å²) < 4.78 is 26.1. The van der Waals surface area contributed by atoms with Gasteiger partial charge >= 0.3 is 0 Å². The molecule has 0 amide bonds. The number of halogens is 1. The van der Waals surface area contributed by atoms with Crippen LogP contribution in [0, 0.1) is 5.41 Å². The van der Waals surface area contributed by atoms with E-state index < -0.39 is 44.3 Å². The minimum Gasteiger partial charge on any atom is -0.504 e. The number of anilines is 1. The monoisotopic (exact) mass is 483 g/mol. The zero-order chi connectivity index (χ0) is 23.3. The summed E-state index contributed by atoms with van der Waals surface area (Å²) >= 11 is 6.06. The molecule has 32 heavy (non-hydrogen) atoms. The van der Waals surface area contributed by atoms with Crippen molar-refractivity contribution in [2.24, 2.45) is 5.41 Å². The highest BCUT2D eigenvalue weighted by Gasteiger charge is 2.53. The second-order valence-electron chi connectivity index (χ2n) is 9.42. The number of hydrogen-bond acceptors (Lipinski definition) is 7. The molecule has 0 aromatic heterocycles. The molecule has 3 saturated carbocycles. The van der Waals surface area contributed by atoms with Crippen LogP contribution in [-0.4, -0.2) is 61.6 Å². The first kappa shape index (κ1) is 23.5. The molecule has 3 unspecified atom stereocenters. The summed E-state index contributed by atoms with van der Waals surface area (Å²) in [6, 6.07) is 1.37. The Labute approximate surface area is 193 Å². The van der Waals surface area contributed by atoms with Crippen molar-refractivity contribution in [2.75, 3.05) is 19.4 Å². The summed E-state index contributed by atoms with van der Waals surface area (Å²) in [4.78, 5) is 24.4. The number of Topliss-reactive ketones (excluding diaryl/α,β-unsaturated/α-hetero) is 2. The average Bonchev–Trinajstić information content (AvgIpc) is 3.13. The molecule has 0 radical (unpaired) electrons. The smallest absolute Gasteiger partial charge is 0.247 e. The number of aromatic hydroxyl groups is 1. The lowest BCUT2D eigenvalue weighted by Gasteiger charge is -2.44. The van der Waals surface area contributed by atoms with Gasteiger partial charge in [-0.25, -0.2) is 12.7 Å². The second-order valence-corrected chi connectivity index (χ2v) is 11.9. The van der Waals surface area contributed by atoms with Crippen LogP contribution in [0.3, 0.4) is 0 Å². The maximum atomic E-state index is 12.6. The Bertz CT molecular complexity index is 1040. The minimum atomic E-state index is -4.02. The first-order valence-corrected chi connectivity index (χ1v) is 12.9. The molecule has 3 N–H and O–H groups in total. The lowest BCUT2D eigenvalue weighted by Crippen LogP contribution is -2.69. The van der Waals surface area contributed by atoms with Crippen molar-refractivity contribution in [1.82, 2.24) is 9.62 Å². The standard InChI is InChI=1S/C22H30ClN3O5S/c1-26(2)32(30,31)21-13(23)8-9-14(18(21)27)24-16-17(20(29)19(16)28)25-15-7-6-12-22(15)10-4-3-5-11-22/h8-9,15-17,24-25,27H,3-7,10-12H2,1-2H3. The normalized spacial score (nSPS) is 27.7. The number of nitrogens with one attached hydrogen (secondary N) is 2. The summed E-state index contributed by atoms with van der Waals surface area (Å²) in [5.74, 6) is -1.62. The van der Waals surface area contributed by atoms with Crippen LogP contribution in [0.15, 0.2) is 17.0 Å². The third-order valence-corrected chi connectivity index (χ3v) is 9.73. The average molecular weight is 484 g/mol. The lowest BCUT2D eigenvalue weighted by molar-refractivity contribution is -0.146. The van der Waals surface area contributed by atoms with E-state index in [0.29, 0.717) is 0 Å². The van der Waals surface area contributed by atoms with Gasteiger partial charge in [0.2, 0.25) is 21.6 Å². The van der Waals surface area contributed by atoms with E-state index in [-0.39, 0.29) is 22.2 Å². The second kappa shape index (κ2) is 8.59. The number of hydrogen-bond donors (Lipinski definition) is 3. The maximum absolute atomic E-state index is 12.6. The number of carbonyl (C=O) groups is 2. The van der Waals surface area contributed by atoms with Crippen molar-refractivity contribution >= 4 is 38.9 Å². The first-order valence-electron chi connectivity index (χ1n) is 11.1. The maximum Gasteiger partial charge on any atom is 0.247 e. The number of phenolic OH excluding ortho intramolecular Hbond substituents is 1. The Balaban J connectivity index is 1.57. The third kappa shape index (κ3) is 3.83. The number of nitrogens with zero attached hydrogens (tertiary/aromatic N) is 1. The van der Waals surface area contributed by atoms with Crippen LogP contribution in [0.25, 0.3) is 0 Å². The zero-order valence-corrected chi connectivity index (χ0v) is 19.9. The molecule has 1 spiro atoms. The number of sulfonamides is 1. The summed E-state index contributed by atoms with van der Waals surface area (Å²) in [5.41, 5.74) is 0.239. The first-order chi connectivity index (χ1) is 15.1. The van der Waals surface area contributed by atoms with Crippen LogP contribution >= 0.6 is 11.6 Å². The molecule has 1 aromatic carbocycles. The molecule has 10 heteroatoms. The van der Waals surface area contributed by atoms with Crippen molar-refractivity contribution in [3.63, 3.8) is 0 Å². The van der Waals surface area contributed by atoms with Gasteiger partial charge in [0.05, 0.1) is 10.7 Å². The largest absolute Gasteiger partial charge is 0.504 e. The van der Waals surface area contributed by atoms with Gasteiger partial charge in [-0.1, -0.05) is 37.3 Å². The summed E-state index contributed by atoms with van der Waals surface area (Å²) in [6.45, 7) is 0. The number of rotatable bonds is 6. The molecule has 3 atom stereocenters. The van der Waals surface area contributed by atoms with E-state index in [4.69, 9.17) is 11.6 Å².